The second kappa shape index (κ2) is 9.70. The third kappa shape index (κ3) is 6.19. The Morgan fingerprint density at radius 2 is 1.54 bits per heavy atom. The lowest BCUT2D eigenvalue weighted by atomic mass is 10.0. The number of nitrogens with zero attached hydrogens (tertiary/aromatic N) is 4. The molecule has 1 atom stereocenters. The fraction of sp³-hybridized carbons (Fsp3) is 0.211. The van der Waals surface area contributed by atoms with E-state index in [1.54, 1.807) is 0 Å². The Labute approximate surface area is 202 Å². The molecule has 2 aromatic carbocycles. The Balaban J connectivity index is 1.77. The molecule has 0 bridgehead atoms. The van der Waals surface area contributed by atoms with Crippen molar-refractivity contribution in [3.8, 4) is 11.4 Å². The minimum absolute atomic E-state index is 0.00444. The number of hydrogen-bond donors (Lipinski definition) is 2. The molecular weight excluding hydrogens is 529 g/mol. The van der Waals surface area contributed by atoms with Gasteiger partial charge in [0.1, 0.15) is 0 Å². The van der Waals surface area contributed by atoms with E-state index in [2.05, 4.69) is 26.3 Å². The normalized spacial score (nSPS) is 12.8. The van der Waals surface area contributed by atoms with Crippen LogP contribution in [0.5, 0.6) is 0 Å². The van der Waals surface area contributed by atoms with Crippen molar-refractivity contribution in [2.45, 2.75) is 25.3 Å². The molecular formula is C19H12Cl2F6N6O2. The zero-order chi connectivity index (χ0) is 26.1. The van der Waals surface area contributed by atoms with Crippen molar-refractivity contribution in [3.63, 3.8) is 0 Å². The van der Waals surface area contributed by atoms with Gasteiger partial charge < -0.3 is 0 Å². The van der Waals surface area contributed by atoms with E-state index in [1.165, 1.54) is 25.1 Å². The van der Waals surface area contributed by atoms with Crippen molar-refractivity contribution >= 4 is 35.0 Å². The van der Waals surface area contributed by atoms with E-state index in [0.29, 0.717) is 16.9 Å². The third-order valence-corrected chi connectivity index (χ3v) is 5.02. The van der Waals surface area contributed by atoms with Crippen molar-refractivity contribution in [2.75, 3.05) is 0 Å². The maximum absolute atomic E-state index is 13.1. The Morgan fingerprint density at radius 3 is 2.09 bits per heavy atom. The van der Waals surface area contributed by atoms with Crippen LogP contribution in [0.2, 0.25) is 10.0 Å². The molecule has 0 radical (unpaired) electrons. The molecule has 0 fully saturated rings. The second-order valence-corrected chi connectivity index (χ2v) is 7.82. The predicted octanol–water partition coefficient (Wildman–Crippen LogP) is 4.71. The van der Waals surface area contributed by atoms with E-state index in [9.17, 15) is 35.9 Å². The third-order valence-electron chi connectivity index (χ3n) is 4.47. The Hall–Kier alpha value is -3.39. The molecule has 0 aliphatic heterocycles. The number of benzene rings is 2. The van der Waals surface area contributed by atoms with Crippen LogP contribution in [0.1, 0.15) is 34.5 Å². The van der Waals surface area contributed by atoms with Gasteiger partial charge in [-0.2, -0.15) is 31.1 Å². The topological polar surface area (TPSA) is 102 Å². The van der Waals surface area contributed by atoms with Crippen LogP contribution < -0.4 is 10.9 Å². The summed E-state index contributed by atoms with van der Waals surface area (Å²) in [6.07, 6.45) is -10.1. The van der Waals surface area contributed by atoms with E-state index in [-0.39, 0.29) is 21.7 Å². The van der Waals surface area contributed by atoms with E-state index < -0.39 is 52.7 Å². The van der Waals surface area contributed by atoms with Gasteiger partial charge in [0.05, 0.1) is 21.7 Å². The number of carbonyl (C=O) groups excluding carboxylic acids is 2. The lowest BCUT2D eigenvalue weighted by molar-refractivity contribution is -0.143. The molecule has 0 aliphatic rings. The molecule has 0 aliphatic carbocycles. The van der Waals surface area contributed by atoms with Crippen LogP contribution in [0.4, 0.5) is 26.3 Å². The summed E-state index contributed by atoms with van der Waals surface area (Å²) in [4.78, 5) is 25.1. The van der Waals surface area contributed by atoms with Crippen molar-refractivity contribution in [3.05, 3.63) is 63.1 Å². The number of carbonyl (C=O) groups is 2. The molecule has 2 N–H and O–H groups in total. The van der Waals surface area contributed by atoms with Gasteiger partial charge in [-0.3, -0.25) is 20.4 Å². The largest absolute Gasteiger partial charge is 0.416 e. The maximum atomic E-state index is 13.1. The van der Waals surface area contributed by atoms with E-state index in [0.717, 1.165) is 0 Å². The first-order valence-corrected chi connectivity index (χ1v) is 10.1. The van der Waals surface area contributed by atoms with E-state index >= 15 is 0 Å². The monoisotopic (exact) mass is 540 g/mol. The molecule has 1 unspecified atom stereocenters. The maximum Gasteiger partial charge on any atom is 0.416 e. The molecule has 35 heavy (non-hydrogen) atoms. The number of hydrazine groups is 1. The fourth-order valence-corrected chi connectivity index (χ4v) is 3.15. The highest BCUT2D eigenvalue weighted by molar-refractivity contribution is 6.36. The molecule has 2 amide bonds. The summed E-state index contributed by atoms with van der Waals surface area (Å²) in [6.45, 7) is 1.25. The SMILES string of the molecule is CC(C(=O)NNC(=O)c1ccc(Cl)cc1Cl)n1nnc(-c2cc(C(F)(F)F)cc(C(F)(F)F)c2)n1. The number of hydrogen-bond acceptors (Lipinski definition) is 5. The summed E-state index contributed by atoms with van der Waals surface area (Å²) in [5.74, 6) is -2.26. The Morgan fingerprint density at radius 1 is 0.943 bits per heavy atom. The number of nitrogens with one attached hydrogen (secondary N) is 2. The summed E-state index contributed by atoms with van der Waals surface area (Å²) < 4.78 is 78.5. The molecule has 0 saturated heterocycles. The first-order chi connectivity index (χ1) is 16.2. The number of halogens is 8. The number of tetrazole rings is 1. The van der Waals surface area contributed by atoms with Gasteiger partial charge >= 0.3 is 12.4 Å². The quantitative estimate of drug-likeness (QED) is 0.368. The highest BCUT2D eigenvalue weighted by Crippen LogP contribution is 2.38. The van der Waals surface area contributed by atoms with Gasteiger partial charge in [0, 0.05) is 10.6 Å². The number of amides is 2. The van der Waals surface area contributed by atoms with Crippen molar-refractivity contribution < 1.29 is 35.9 Å². The van der Waals surface area contributed by atoms with Crippen molar-refractivity contribution in [1.82, 2.24) is 31.1 Å². The summed E-state index contributed by atoms with van der Waals surface area (Å²) in [5, 5.41) is 11.0. The fourth-order valence-electron chi connectivity index (χ4n) is 2.66. The predicted molar refractivity (Wildman–Crippen MR) is 110 cm³/mol. The molecule has 3 rings (SSSR count). The van der Waals surface area contributed by atoms with Crippen LogP contribution in [0.15, 0.2) is 36.4 Å². The average molecular weight is 541 g/mol. The first kappa shape index (κ1) is 26.2. The van der Waals surface area contributed by atoms with E-state index in [1.807, 2.05) is 0 Å². The average Bonchev–Trinajstić information content (AvgIpc) is 3.25. The highest BCUT2D eigenvalue weighted by atomic mass is 35.5. The number of aromatic nitrogens is 4. The van der Waals surface area contributed by atoms with Gasteiger partial charge in [0.2, 0.25) is 5.82 Å². The standard InChI is InChI=1S/C19H12Cl2F6N6O2/c1-8(16(34)29-30-17(35)13-3-2-12(20)7-14(13)21)33-31-15(28-32-33)9-4-10(18(22,23)24)6-11(5-9)19(25,26)27/h2-8H,1H3,(H,29,34)(H,30,35). The molecule has 186 valence electrons. The summed E-state index contributed by atoms with van der Waals surface area (Å²) in [6, 6.07) is 3.55. The number of alkyl halides is 6. The minimum Gasteiger partial charge on any atom is -0.271 e. The zero-order valence-electron chi connectivity index (χ0n) is 17.2. The zero-order valence-corrected chi connectivity index (χ0v) is 18.7. The van der Waals surface area contributed by atoms with Crippen LogP contribution in [-0.4, -0.2) is 32.0 Å². The van der Waals surface area contributed by atoms with Crippen LogP contribution in [0.25, 0.3) is 11.4 Å². The van der Waals surface area contributed by atoms with E-state index in [4.69, 9.17) is 23.2 Å². The summed E-state index contributed by atoms with van der Waals surface area (Å²) in [5.41, 5.74) is 0.420. The van der Waals surface area contributed by atoms with Gasteiger partial charge in [-0.25, -0.2) is 0 Å². The van der Waals surface area contributed by atoms with Crippen LogP contribution in [-0.2, 0) is 17.1 Å². The molecule has 1 aromatic heterocycles. The number of rotatable bonds is 4. The summed E-state index contributed by atoms with van der Waals surface area (Å²) >= 11 is 11.7. The molecule has 0 saturated carbocycles. The van der Waals surface area contributed by atoms with Gasteiger partial charge in [-0.15, -0.1) is 10.2 Å². The Bertz CT molecular complexity index is 1250. The molecule has 0 spiro atoms. The van der Waals surface area contributed by atoms with Gasteiger partial charge in [-0.1, -0.05) is 23.2 Å². The van der Waals surface area contributed by atoms with Crippen molar-refractivity contribution in [1.29, 1.82) is 0 Å². The Kier molecular flexibility index (Phi) is 7.26. The van der Waals surface area contributed by atoms with Gasteiger partial charge in [0.25, 0.3) is 11.8 Å². The van der Waals surface area contributed by atoms with Crippen LogP contribution in [0.3, 0.4) is 0 Å². The minimum atomic E-state index is -5.07. The van der Waals surface area contributed by atoms with Crippen molar-refractivity contribution in [2.24, 2.45) is 0 Å². The van der Waals surface area contributed by atoms with Gasteiger partial charge in [-0.05, 0) is 48.5 Å². The molecule has 8 nitrogen and oxygen atoms in total. The molecule has 1 heterocycles. The first-order valence-electron chi connectivity index (χ1n) is 9.31. The smallest absolute Gasteiger partial charge is 0.271 e. The highest BCUT2D eigenvalue weighted by Gasteiger charge is 2.37. The molecule has 3 aromatic rings. The second-order valence-electron chi connectivity index (χ2n) is 6.97. The van der Waals surface area contributed by atoms with Gasteiger partial charge in [0.15, 0.2) is 6.04 Å². The van der Waals surface area contributed by atoms with Crippen LogP contribution >= 0.6 is 23.2 Å². The van der Waals surface area contributed by atoms with Crippen LogP contribution in [0, 0.1) is 0 Å². The molecule has 16 heteroatoms. The summed E-state index contributed by atoms with van der Waals surface area (Å²) in [7, 11) is 0. The lowest BCUT2D eigenvalue weighted by Gasteiger charge is -2.13. The lowest BCUT2D eigenvalue weighted by Crippen LogP contribution is -2.44.